The zero-order chi connectivity index (χ0) is 22.9. The fourth-order valence-corrected chi connectivity index (χ4v) is 3.86. The van der Waals surface area contributed by atoms with Gasteiger partial charge < -0.3 is 19.5 Å². The highest BCUT2D eigenvalue weighted by atomic mass is 127. The Morgan fingerprint density at radius 2 is 1.59 bits per heavy atom. The molecule has 0 aliphatic heterocycles. The molecule has 0 unspecified atom stereocenters. The monoisotopic (exact) mass is 548 g/mol. The molecule has 8 heteroatoms. The molecule has 0 aliphatic rings. The molecule has 0 atom stereocenters. The van der Waals surface area contributed by atoms with Crippen LogP contribution in [0.1, 0.15) is 25.0 Å². The fraction of sp³-hybridized carbons (Fsp3) is 0.250. The number of nitro benzene ring substituents is 1. The SMILES string of the molecule is CCOc1ccc(NCc2cc(I)c(OCc3ccc([N+](=O)[O-])cc3)c(OCC)c2)cc1. The largest absolute Gasteiger partial charge is 0.494 e. The van der Waals surface area contributed by atoms with Crippen molar-refractivity contribution >= 4 is 34.0 Å². The van der Waals surface area contributed by atoms with Crippen molar-refractivity contribution in [1.82, 2.24) is 0 Å². The van der Waals surface area contributed by atoms with Crippen LogP contribution in [0, 0.1) is 13.7 Å². The van der Waals surface area contributed by atoms with Crippen LogP contribution in [-0.2, 0) is 13.2 Å². The molecule has 3 aromatic rings. The minimum Gasteiger partial charge on any atom is -0.494 e. The molecule has 168 valence electrons. The summed E-state index contributed by atoms with van der Waals surface area (Å²) in [6.07, 6.45) is 0. The van der Waals surface area contributed by atoms with Gasteiger partial charge >= 0.3 is 0 Å². The molecule has 0 amide bonds. The first kappa shape index (κ1) is 23.6. The molecule has 0 bridgehead atoms. The van der Waals surface area contributed by atoms with Crippen LogP contribution in [0.25, 0.3) is 0 Å². The molecule has 3 rings (SSSR count). The molecule has 1 N–H and O–H groups in total. The Labute approximate surface area is 201 Å². The first-order chi connectivity index (χ1) is 15.5. The van der Waals surface area contributed by atoms with Crippen LogP contribution in [-0.4, -0.2) is 18.1 Å². The number of nitrogens with zero attached hydrogens (tertiary/aromatic N) is 1. The van der Waals surface area contributed by atoms with Crippen LogP contribution in [0.3, 0.4) is 0 Å². The summed E-state index contributed by atoms with van der Waals surface area (Å²) >= 11 is 2.24. The number of hydrogen-bond donors (Lipinski definition) is 1. The predicted octanol–water partition coefficient (Wildman–Crippen LogP) is 6.19. The van der Waals surface area contributed by atoms with E-state index in [1.807, 2.05) is 44.2 Å². The lowest BCUT2D eigenvalue weighted by atomic mass is 10.2. The Bertz CT molecular complexity index is 1040. The molecular formula is C24H25IN2O5. The summed E-state index contributed by atoms with van der Waals surface area (Å²) in [5.41, 5.74) is 2.96. The van der Waals surface area contributed by atoms with Gasteiger partial charge in [0.15, 0.2) is 11.5 Å². The number of hydrogen-bond acceptors (Lipinski definition) is 6. The highest BCUT2D eigenvalue weighted by molar-refractivity contribution is 14.1. The van der Waals surface area contributed by atoms with E-state index in [4.69, 9.17) is 14.2 Å². The third-order valence-electron chi connectivity index (χ3n) is 4.56. The average Bonchev–Trinajstić information content (AvgIpc) is 2.79. The van der Waals surface area contributed by atoms with E-state index in [2.05, 4.69) is 34.0 Å². The Hall–Kier alpha value is -3.01. The second-order valence-corrected chi connectivity index (χ2v) is 8.02. The maximum absolute atomic E-state index is 10.8. The van der Waals surface area contributed by atoms with Gasteiger partial charge in [-0.05, 0) is 96.1 Å². The van der Waals surface area contributed by atoms with Gasteiger partial charge in [0.2, 0.25) is 0 Å². The lowest BCUT2D eigenvalue weighted by Gasteiger charge is -2.16. The van der Waals surface area contributed by atoms with E-state index in [-0.39, 0.29) is 12.3 Å². The van der Waals surface area contributed by atoms with E-state index >= 15 is 0 Å². The highest BCUT2D eigenvalue weighted by Crippen LogP contribution is 2.35. The summed E-state index contributed by atoms with van der Waals surface area (Å²) < 4.78 is 18.3. The van der Waals surface area contributed by atoms with Gasteiger partial charge in [-0.25, -0.2) is 0 Å². The van der Waals surface area contributed by atoms with Gasteiger partial charge in [0, 0.05) is 24.4 Å². The Morgan fingerprint density at radius 1 is 0.906 bits per heavy atom. The van der Waals surface area contributed by atoms with Crippen LogP contribution in [0.5, 0.6) is 17.2 Å². The lowest BCUT2D eigenvalue weighted by molar-refractivity contribution is -0.384. The average molecular weight is 548 g/mol. The Balaban J connectivity index is 1.68. The van der Waals surface area contributed by atoms with Gasteiger partial charge in [0.1, 0.15) is 12.4 Å². The topological polar surface area (TPSA) is 82.9 Å². The number of benzene rings is 3. The third kappa shape index (κ3) is 6.49. The van der Waals surface area contributed by atoms with Crippen LogP contribution in [0.4, 0.5) is 11.4 Å². The molecule has 0 fully saturated rings. The second kappa shape index (κ2) is 11.6. The molecular weight excluding hydrogens is 523 g/mol. The standard InChI is InChI=1S/C24H25IN2O5/c1-3-30-21-11-7-19(8-12-21)26-15-18-13-22(25)24(23(14-18)31-4-2)32-16-17-5-9-20(10-6-17)27(28)29/h5-14,26H,3-4,15-16H2,1-2H3. The molecule has 3 aromatic carbocycles. The molecule has 7 nitrogen and oxygen atoms in total. The van der Waals surface area contributed by atoms with Gasteiger partial charge in [0.25, 0.3) is 5.69 Å². The molecule has 0 aliphatic carbocycles. The van der Waals surface area contributed by atoms with Crippen molar-refractivity contribution in [2.24, 2.45) is 0 Å². The number of non-ortho nitro benzene ring substituents is 1. The Morgan fingerprint density at radius 3 is 2.22 bits per heavy atom. The van der Waals surface area contributed by atoms with Crippen LogP contribution in [0.2, 0.25) is 0 Å². The van der Waals surface area contributed by atoms with Crippen molar-refractivity contribution in [3.8, 4) is 17.2 Å². The van der Waals surface area contributed by atoms with Crippen molar-refractivity contribution in [1.29, 1.82) is 0 Å². The molecule has 0 aromatic heterocycles. The van der Waals surface area contributed by atoms with Crippen molar-refractivity contribution < 1.29 is 19.1 Å². The van der Waals surface area contributed by atoms with Crippen molar-refractivity contribution in [2.75, 3.05) is 18.5 Å². The molecule has 0 heterocycles. The zero-order valence-electron chi connectivity index (χ0n) is 18.0. The summed E-state index contributed by atoms with van der Waals surface area (Å²) in [5.74, 6) is 2.18. The first-order valence-electron chi connectivity index (χ1n) is 10.3. The number of nitro groups is 1. The number of halogens is 1. The van der Waals surface area contributed by atoms with Crippen LogP contribution >= 0.6 is 22.6 Å². The van der Waals surface area contributed by atoms with Gasteiger partial charge in [-0.1, -0.05) is 0 Å². The van der Waals surface area contributed by atoms with Crippen LogP contribution < -0.4 is 19.5 Å². The summed E-state index contributed by atoms with van der Waals surface area (Å²) in [6.45, 7) is 5.97. The van der Waals surface area contributed by atoms with E-state index in [0.717, 1.165) is 26.1 Å². The van der Waals surface area contributed by atoms with E-state index in [0.29, 0.717) is 31.3 Å². The highest BCUT2D eigenvalue weighted by Gasteiger charge is 2.13. The molecule has 0 saturated carbocycles. The second-order valence-electron chi connectivity index (χ2n) is 6.86. The van der Waals surface area contributed by atoms with Crippen molar-refractivity contribution in [2.45, 2.75) is 27.0 Å². The molecule has 0 spiro atoms. The summed E-state index contributed by atoms with van der Waals surface area (Å²) in [5, 5.41) is 14.2. The number of ether oxygens (including phenoxy) is 3. The summed E-state index contributed by atoms with van der Waals surface area (Å²) in [7, 11) is 0. The minimum absolute atomic E-state index is 0.0581. The van der Waals surface area contributed by atoms with E-state index in [9.17, 15) is 10.1 Å². The van der Waals surface area contributed by atoms with E-state index in [1.165, 1.54) is 12.1 Å². The maximum atomic E-state index is 10.8. The lowest BCUT2D eigenvalue weighted by Crippen LogP contribution is -2.05. The smallest absolute Gasteiger partial charge is 0.269 e. The van der Waals surface area contributed by atoms with Gasteiger partial charge in [-0.2, -0.15) is 0 Å². The normalized spacial score (nSPS) is 10.5. The van der Waals surface area contributed by atoms with Crippen molar-refractivity contribution in [3.63, 3.8) is 0 Å². The summed E-state index contributed by atoms with van der Waals surface area (Å²) in [6, 6.07) is 18.2. The van der Waals surface area contributed by atoms with E-state index < -0.39 is 4.92 Å². The minimum atomic E-state index is -0.416. The zero-order valence-corrected chi connectivity index (χ0v) is 20.1. The first-order valence-corrected chi connectivity index (χ1v) is 11.4. The van der Waals surface area contributed by atoms with Crippen LogP contribution in [0.15, 0.2) is 60.7 Å². The van der Waals surface area contributed by atoms with Gasteiger partial charge in [-0.15, -0.1) is 0 Å². The van der Waals surface area contributed by atoms with Gasteiger partial charge in [0.05, 0.1) is 21.7 Å². The number of anilines is 1. The summed E-state index contributed by atoms with van der Waals surface area (Å²) in [4.78, 5) is 10.4. The molecule has 32 heavy (non-hydrogen) atoms. The van der Waals surface area contributed by atoms with E-state index in [1.54, 1.807) is 12.1 Å². The molecule has 0 saturated heterocycles. The fourth-order valence-electron chi connectivity index (χ4n) is 3.04. The Kier molecular flexibility index (Phi) is 8.55. The third-order valence-corrected chi connectivity index (χ3v) is 5.36. The molecule has 0 radical (unpaired) electrons. The number of rotatable bonds is 11. The van der Waals surface area contributed by atoms with Gasteiger partial charge in [-0.3, -0.25) is 10.1 Å². The quantitative estimate of drug-likeness (QED) is 0.175. The number of nitrogens with one attached hydrogen (secondary N) is 1. The van der Waals surface area contributed by atoms with Crippen molar-refractivity contribution in [3.05, 3.63) is 85.5 Å². The maximum Gasteiger partial charge on any atom is 0.269 e. The predicted molar refractivity (Wildman–Crippen MR) is 133 cm³/mol.